The average molecular weight is 542 g/mol. The first-order valence-corrected chi connectivity index (χ1v) is 15.3. The normalized spacial score (nSPS) is 14.7. The van der Waals surface area contributed by atoms with Crippen LogP contribution in [0.4, 0.5) is 17.1 Å². The van der Waals surface area contributed by atoms with E-state index in [9.17, 15) is 0 Å². The smallest absolute Gasteiger partial charge is 0.0540 e. The van der Waals surface area contributed by atoms with Crippen LogP contribution in [0.5, 0.6) is 0 Å². The van der Waals surface area contributed by atoms with Gasteiger partial charge in [0.2, 0.25) is 0 Å². The van der Waals surface area contributed by atoms with Gasteiger partial charge in [-0.3, -0.25) is 0 Å². The van der Waals surface area contributed by atoms with E-state index in [1.54, 1.807) is 0 Å². The monoisotopic (exact) mass is 541 g/mol. The topological polar surface area (TPSA) is 3.24 Å². The number of hydrogen-bond acceptors (Lipinski definition) is 1. The van der Waals surface area contributed by atoms with Gasteiger partial charge in [0.1, 0.15) is 0 Å². The van der Waals surface area contributed by atoms with Crippen molar-refractivity contribution in [2.45, 2.75) is 44.9 Å². The summed E-state index contributed by atoms with van der Waals surface area (Å²) < 4.78 is 0. The van der Waals surface area contributed by atoms with Crippen LogP contribution in [0.1, 0.15) is 47.2 Å². The van der Waals surface area contributed by atoms with Crippen LogP contribution in [0, 0.1) is 0 Å². The summed E-state index contributed by atoms with van der Waals surface area (Å²) in [5, 5.41) is 2.54. The SMILES string of the molecule is CC1(C)c2ccccc2-c2ccc(N(c3cc4ccc3CCc3ccc(cc3)CC4)c3cccc4ccccc34)cc21. The summed E-state index contributed by atoms with van der Waals surface area (Å²) in [5.74, 6) is 0. The molecule has 5 aliphatic carbocycles. The molecule has 42 heavy (non-hydrogen) atoms. The van der Waals surface area contributed by atoms with E-state index < -0.39 is 0 Å². The third-order valence-electron chi connectivity index (χ3n) is 9.63. The van der Waals surface area contributed by atoms with E-state index in [0.717, 1.165) is 25.7 Å². The van der Waals surface area contributed by atoms with Crippen LogP contribution in [0.3, 0.4) is 0 Å². The highest BCUT2D eigenvalue weighted by Crippen LogP contribution is 2.51. The fourth-order valence-corrected chi connectivity index (χ4v) is 7.27. The second kappa shape index (κ2) is 9.74. The number of nitrogens with zero attached hydrogens (tertiary/aromatic N) is 1. The molecule has 0 spiro atoms. The largest absolute Gasteiger partial charge is 0.310 e. The minimum Gasteiger partial charge on any atom is -0.310 e. The second-order valence-electron chi connectivity index (χ2n) is 12.5. The first-order chi connectivity index (χ1) is 20.6. The fraction of sp³-hybridized carbons (Fsp3) is 0.171. The standard InChI is InChI=1S/C41H35N/c1-41(2)37-12-6-5-11-35(37)36-25-24-33(27-38(36)41)42(39-13-7-9-31-8-3-4-10-34(31)39)40-26-30-19-18-28-14-16-29(17-15-28)20-22-32(40)23-21-30/h3-17,21,23-27H,18-20,22H2,1-2H3. The molecule has 0 unspecified atom stereocenters. The van der Waals surface area contributed by atoms with Gasteiger partial charge in [0, 0.05) is 22.2 Å². The van der Waals surface area contributed by atoms with E-state index >= 15 is 0 Å². The summed E-state index contributed by atoms with van der Waals surface area (Å²) in [5.41, 5.74) is 14.8. The zero-order chi connectivity index (χ0) is 28.3. The quantitative estimate of drug-likeness (QED) is 0.215. The van der Waals surface area contributed by atoms with Crippen molar-refractivity contribution in [1.29, 1.82) is 0 Å². The van der Waals surface area contributed by atoms with Crippen LogP contribution in [-0.2, 0) is 31.1 Å². The summed E-state index contributed by atoms with van der Waals surface area (Å²) in [7, 11) is 0. The molecule has 5 aliphatic rings. The minimum absolute atomic E-state index is 0.0557. The Hall–Kier alpha value is -4.62. The Morgan fingerprint density at radius 3 is 2.02 bits per heavy atom. The number of fused-ring (bicyclic) bond motifs is 4. The summed E-state index contributed by atoms with van der Waals surface area (Å²) in [6, 6.07) is 48.1. The van der Waals surface area contributed by atoms with E-state index in [4.69, 9.17) is 0 Å². The summed E-state index contributed by atoms with van der Waals surface area (Å²) in [4.78, 5) is 2.55. The number of aryl methyl sites for hydroxylation is 4. The maximum atomic E-state index is 2.55. The molecule has 204 valence electrons. The number of benzene rings is 6. The lowest BCUT2D eigenvalue weighted by Crippen LogP contribution is -2.17. The van der Waals surface area contributed by atoms with Crippen molar-refractivity contribution in [2.24, 2.45) is 0 Å². The molecule has 0 aromatic heterocycles. The van der Waals surface area contributed by atoms with Crippen molar-refractivity contribution >= 4 is 27.8 Å². The lowest BCUT2D eigenvalue weighted by molar-refractivity contribution is 0.660. The molecule has 0 saturated carbocycles. The molecule has 4 bridgehead atoms. The Balaban J connectivity index is 1.36. The van der Waals surface area contributed by atoms with Gasteiger partial charge in [-0.25, -0.2) is 0 Å². The molecule has 0 heterocycles. The Morgan fingerprint density at radius 1 is 0.500 bits per heavy atom. The molecule has 0 N–H and O–H groups in total. The molecule has 0 radical (unpaired) electrons. The fourth-order valence-electron chi connectivity index (χ4n) is 7.27. The van der Waals surface area contributed by atoms with Gasteiger partial charge in [-0.05, 0) is 99.8 Å². The molecule has 0 amide bonds. The van der Waals surface area contributed by atoms with Crippen LogP contribution in [0.15, 0.2) is 127 Å². The van der Waals surface area contributed by atoms with Gasteiger partial charge in [0.05, 0.1) is 5.69 Å². The van der Waals surface area contributed by atoms with Crippen molar-refractivity contribution in [2.75, 3.05) is 4.90 Å². The Labute approximate surface area is 249 Å². The van der Waals surface area contributed by atoms with E-state index in [1.165, 1.54) is 72.3 Å². The van der Waals surface area contributed by atoms with Gasteiger partial charge in [0.15, 0.2) is 0 Å². The van der Waals surface area contributed by atoms with E-state index in [1.807, 2.05) is 0 Å². The Morgan fingerprint density at radius 2 is 1.17 bits per heavy atom. The molecule has 1 heteroatoms. The summed E-state index contributed by atoms with van der Waals surface area (Å²) in [6.07, 6.45) is 4.11. The first-order valence-electron chi connectivity index (χ1n) is 15.3. The van der Waals surface area contributed by atoms with Crippen molar-refractivity contribution < 1.29 is 0 Å². The van der Waals surface area contributed by atoms with Gasteiger partial charge < -0.3 is 4.90 Å². The van der Waals surface area contributed by atoms with Crippen LogP contribution >= 0.6 is 0 Å². The molecule has 0 atom stereocenters. The molecule has 6 aromatic carbocycles. The zero-order valence-corrected chi connectivity index (χ0v) is 24.4. The van der Waals surface area contributed by atoms with Gasteiger partial charge in [-0.2, -0.15) is 0 Å². The Kier molecular flexibility index (Phi) is 5.82. The molecule has 0 fully saturated rings. The molecule has 0 saturated heterocycles. The molecule has 6 aromatic rings. The maximum absolute atomic E-state index is 2.55. The van der Waals surface area contributed by atoms with Gasteiger partial charge >= 0.3 is 0 Å². The van der Waals surface area contributed by atoms with Crippen molar-refractivity contribution in [3.8, 4) is 11.1 Å². The number of rotatable bonds is 3. The summed E-state index contributed by atoms with van der Waals surface area (Å²) >= 11 is 0. The van der Waals surface area contributed by atoms with Gasteiger partial charge in [0.25, 0.3) is 0 Å². The van der Waals surface area contributed by atoms with E-state index in [2.05, 4.69) is 146 Å². The molecule has 0 aliphatic heterocycles. The third-order valence-corrected chi connectivity index (χ3v) is 9.63. The first kappa shape index (κ1) is 25.1. The van der Waals surface area contributed by atoms with E-state index in [-0.39, 0.29) is 5.41 Å². The molecular formula is C41H35N. The number of anilines is 3. The number of hydrogen-bond donors (Lipinski definition) is 0. The summed E-state index contributed by atoms with van der Waals surface area (Å²) in [6.45, 7) is 4.75. The minimum atomic E-state index is -0.0557. The van der Waals surface area contributed by atoms with Crippen molar-refractivity contribution in [3.05, 3.63) is 161 Å². The maximum Gasteiger partial charge on any atom is 0.0540 e. The van der Waals surface area contributed by atoms with Crippen molar-refractivity contribution in [1.82, 2.24) is 0 Å². The van der Waals surface area contributed by atoms with E-state index in [0.29, 0.717) is 0 Å². The highest BCUT2D eigenvalue weighted by Gasteiger charge is 2.36. The van der Waals surface area contributed by atoms with Gasteiger partial charge in [-0.15, -0.1) is 0 Å². The highest BCUT2D eigenvalue weighted by molar-refractivity contribution is 5.99. The lowest BCUT2D eigenvalue weighted by atomic mass is 9.82. The zero-order valence-electron chi connectivity index (χ0n) is 24.4. The third kappa shape index (κ3) is 4.07. The molecule has 11 rings (SSSR count). The Bertz CT molecular complexity index is 1960. The van der Waals surface area contributed by atoms with Crippen LogP contribution in [0.25, 0.3) is 21.9 Å². The van der Waals surface area contributed by atoms with Crippen LogP contribution < -0.4 is 4.90 Å². The highest BCUT2D eigenvalue weighted by atomic mass is 15.1. The van der Waals surface area contributed by atoms with Crippen molar-refractivity contribution in [3.63, 3.8) is 0 Å². The van der Waals surface area contributed by atoms with Crippen LogP contribution in [-0.4, -0.2) is 0 Å². The predicted molar refractivity (Wildman–Crippen MR) is 177 cm³/mol. The predicted octanol–water partition coefficient (Wildman–Crippen LogP) is 10.5. The van der Waals surface area contributed by atoms with Gasteiger partial charge in [-0.1, -0.05) is 117 Å². The molecule has 1 nitrogen and oxygen atoms in total. The lowest BCUT2D eigenvalue weighted by Gasteiger charge is -2.31. The molecular weight excluding hydrogens is 506 g/mol. The second-order valence-corrected chi connectivity index (χ2v) is 12.5. The van der Waals surface area contributed by atoms with Crippen LogP contribution in [0.2, 0.25) is 0 Å². The average Bonchev–Trinajstić information content (AvgIpc) is 3.25.